The SMILES string of the molecule is C/C=C(\NC(C)C(C)C)c1ccc(-c2ccc3c(c2)c2cnncc2c2nc(C(C)C)[nH]c32)cc1F. The van der Waals surface area contributed by atoms with Gasteiger partial charge in [0.2, 0.25) is 0 Å². The Morgan fingerprint density at radius 2 is 1.58 bits per heavy atom. The van der Waals surface area contributed by atoms with Gasteiger partial charge in [-0.3, -0.25) is 0 Å². The largest absolute Gasteiger partial charge is 0.382 e. The van der Waals surface area contributed by atoms with Crippen molar-refractivity contribution in [2.24, 2.45) is 5.92 Å². The van der Waals surface area contributed by atoms with Crippen LogP contribution in [0.5, 0.6) is 0 Å². The summed E-state index contributed by atoms with van der Waals surface area (Å²) in [5, 5.41) is 15.8. The Morgan fingerprint density at radius 1 is 0.889 bits per heavy atom. The van der Waals surface area contributed by atoms with Crippen LogP contribution in [0, 0.1) is 11.7 Å². The minimum atomic E-state index is -0.245. The van der Waals surface area contributed by atoms with Crippen molar-refractivity contribution in [1.29, 1.82) is 0 Å². The van der Waals surface area contributed by atoms with Crippen molar-refractivity contribution in [2.45, 2.75) is 53.5 Å². The van der Waals surface area contributed by atoms with E-state index in [1.165, 1.54) is 0 Å². The summed E-state index contributed by atoms with van der Waals surface area (Å²) in [4.78, 5) is 8.38. The van der Waals surface area contributed by atoms with E-state index in [-0.39, 0.29) is 17.8 Å². The molecule has 0 saturated carbocycles. The zero-order valence-electron chi connectivity index (χ0n) is 21.6. The van der Waals surface area contributed by atoms with Gasteiger partial charge in [0.25, 0.3) is 0 Å². The number of aromatic nitrogens is 4. The van der Waals surface area contributed by atoms with Gasteiger partial charge in [0.1, 0.15) is 11.6 Å². The molecular weight excluding hydrogens is 449 g/mol. The highest BCUT2D eigenvalue weighted by molar-refractivity contribution is 6.23. The van der Waals surface area contributed by atoms with Crippen molar-refractivity contribution >= 4 is 38.3 Å². The monoisotopic (exact) mass is 481 g/mol. The van der Waals surface area contributed by atoms with Gasteiger partial charge in [-0.15, -0.1) is 0 Å². The summed E-state index contributed by atoms with van der Waals surface area (Å²) in [5.41, 5.74) is 5.06. The van der Waals surface area contributed by atoms with E-state index in [9.17, 15) is 0 Å². The minimum Gasteiger partial charge on any atom is -0.382 e. The Bertz CT molecular complexity index is 1610. The molecule has 0 bridgehead atoms. The van der Waals surface area contributed by atoms with Crippen LogP contribution in [0.1, 0.15) is 58.8 Å². The van der Waals surface area contributed by atoms with Crippen LogP contribution in [0.15, 0.2) is 54.9 Å². The van der Waals surface area contributed by atoms with E-state index < -0.39 is 0 Å². The van der Waals surface area contributed by atoms with Crippen LogP contribution < -0.4 is 5.32 Å². The highest BCUT2D eigenvalue weighted by Crippen LogP contribution is 2.36. The first-order valence-corrected chi connectivity index (χ1v) is 12.6. The highest BCUT2D eigenvalue weighted by Gasteiger charge is 2.17. The van der Waals surface area contributed by atoms with Crippen LogP contribution >= 0.6 is 0 Å². The molecule has 6 heteroatoms. The number of imidazole rings is 1. The average Bonchev–Trinajstić information content (AvgIpc) is 3.33. The van der Waals surface area contributed by atoms with Crippen molar-refractivity contribution in [2.75, 3.05) is 0 Å². The van der Waals surface area contributed by atoms with E-state index in [1.807, 2.05) is 31.2 Å². The van der Waals surface area contributed by atoms with Gasteiger partial charge in [-0.25, -0.2) is 9.37 Å². The minimum absolute atomic E-state index is 0.239. The fourth-order valence-corrected chi connectivity index (χ4v) is 4.59. The summed E-state index contributed by atoms with van der Waals surface area (Å²) in [7, 11) is 0. The number of halogens is 1. The van der Waals surface area contributed by atoms with Crippen LogP contribution in [0.4, 0.5) is 4.39 Å². The molecule has 0 aliphatic rings. The summed E-state index contributed by atoms with van der Waals surface area (Å²) in [6.07, 6.45) is 5.49. The molecule has 2 aromatic heterocycles. The van der Waals surface area contributed by atoms with Crippen LogP contribution in [0.3, 0.4) is 0 Å². The Morgan fingerprint density at radius 3 is 2.25 bits per heavy atom. The van der Waals surface area contributed by atoms with Crippen molar-refractivity contribution in [1.82, 2.24) is 25.5 Å². The molecule has 0 aliphatic carbocycles. The third kappa shape index (κ3) is 4.11. The number of benzene rings is 3. The Kier molecular flexibility index (Phi) is 6.20. The predicted octanol–water partition coefficient (Wildman–Crippen LogP) is 7.58. The Balaban J connectivity index is 1.63. The smallest absolute Gasteiger partial charge is 0.133 e. The molecule has 2 heterocycles. The fraction of sp³-hybridized carbons (Fsp3) is 0.300. The molecule has 3 aromatic carbocycles. The number of H-pyrrole nitrogens is 1. The molecule has 184 valence electrons. The molecular formula is C30H32FN5. The van der Waals surface area contributed by atoms with Gasteiger partial charge >= 0.3 is 0 Å². The topological polar surface area (TPSA) is 66.5 Å². The Hall–Kier alpha value is -3.80. The summed E-state index contributed by atoms with van der Waals surface area (Å²) in [6, 6.07) is 11.9. The van der Waals surface area contributed by atoms with E-state index in [1.54, 1.807) is 18.5 Å². The van der Waals surface area contributed by atoms with Crippen LogP contribution in [0.2, 0.25) is 0 Å². The standard InChI is InChI=1S/C30H32FN5/c1-7-27(34-18(6)16(2)3)22-11-9-20(13-26(22)31)19-8-10-21-23(12-19)24-14-32-33-15-25(24)29-28(21)35-30(36-29)17(4)5/h7-18,34H,1-6H3,(H,35,36)/b27-7-. The van der Waals surface area contributed by atoms with Gasteiger partial charge in [0.05, 0.1) is 23.4 Å². The number of aromatic amines is 1. The number of hydrogen-bond acceptors (Lipinski definition) is 4. The normalized spacial score (nSPS) is 13.4. The lowest BCUT2D eigenvalue weighted by molar-refractivity contribution is 0.479. The fourth-order valence-electron chi connectivity index (χ4n) is 4.59. The number of nitrogens with zero attached hydrogens (tertiary/aromatic N) is 3. The zero-order valence-corrected chi connectivity index (χ0v) is 21.6. The predicted molar refractivity (Wildman–Crippen MR) is 147 cm³/mol. The lowest BCUT2D eigenvalue weighted by atomic mass is 9.96. The lowest BCUT2D eigenvalue weighted by Crippen LogP contribution is -2.29. The van der Waals surface area contributed by atoms with Crippen molar-refractivity contribution in [3.8, 4) is 11.1 Å². The third-order valence-electron chi connectivity index (χ3n) is 7.10. The first-order valence-electron chi connectivity index (χ1n) is 12.6. The molecule has 0 spiro atoms. The molecule has 36 heavy (non-hydrogen) atoms. The van der Waals surface area contributed by atoms with E-state index >= 15 is 4.39 Å². The first kappa shape index (κ1) is 23.9. The molecule has 1 atom stereocenters. The first-order chi connectivity index (χ1) is 17.3. The lowest BCUT2D eigenvalue weighted by Gasteiger charge is -2.22. The molecule has 0 fully saturated rings. The second-order valence-corrected chi connectivity index (χ2v) is 10.2. The summed E-state index contributed by atoms with van der Waals surface area (Å²) >= 11 is 0. The summed E-state index contributed by atoms with van der Waals surface area (Å²) in [6.45, 7) is 12.6. The molecule has 5 nitrogen and oxygen atoms in total. The molecule has 0 radical (unpaired) electrons. The number of fused-ring (bicyclic) bond motifs is 6. The van der Waals surface area contributed by atoms with Gasteiger partial charge < -0.3 is 10.3 Å². The number of hydrogen-bond donors (Lipinski definition) is 2. The van der Waals surface area contributed by atoms with Gasteiger partial charge in [0, 0.05) is 39.4 Å². The van der Waals surface area contributed by atoms with Gasteiger partial charge in [-0.05, 0) is 54.5 Å². The summed E-state index contributed by atoms with van der Waals surface area (Å²) < 4.78 is 15.4. The van der Waals surface area contributed by atoms with E-state index in [2.05, 4.69) is 67.2 Å². The van der Waals surface area contributed by atoms with Gasteiger partial charge in [-0.1, -0.05) is 52.0 Å². The second-order valence-electron chi connectivity index (χ2n) is 10.2. The van der Waals surface area contributed by atoms with Gasteiger partial charge in [0.15, 0.2) is 0 Å². The molecule has 5 rings (SSSR count). The highest BCUT2D eigenvalue weighted by atomic mass is 19.1. The molecule has 2 N–H and O–H groups in total. The quantitative estimate of drug-likeness (QED) is 0.245. The maximum atomic E-state index is 15.4. The van der Waals surface area contributed by atoms with Crippen LogP contribution in [-0.2, 0) is 0 Å². The summed E-state index contributed by atoms with van der Waals surface area (Å²) in [5.74, 6) is 1.42. The van der Waals surface area contributed by atoms with Gasteiger partial charge in [-0.2, -0.15) is 10.2 Å². The van der Waals surface area contributed by atoms with Crippen LogP contribution in [-0.4, -0.2) is 26.2 Å². The van der Waals surface area contributed by atoms with Crippen molar-refractivity contribution < 1.29 is 4.39 Å². The second kappa shape index (κ2) is 9.34. The molecule has 0 aliphatic heterocycles. The van der Waals surface area contributed by atoms with E-state index in [0.717, 1.165) is 55.2 Å². The molecule has 1 unspecified atom stereocenters. The zero-order chi connectivity index (χ0) is 25.6. The molecule has 5 aromatic rings. The Labute approximate surface area is 210 Å². The average molecular weight is 482 g/mol. The van der Waals surface area contributed by atoms with Crippen molar-refractivity contribution in [3.63, 3.8) is 0 Å². The number of nitrogens with one attached hydrogen (secondary N) is 2. The number of allylic oxidation sites excluding steroid dienone is 1. The van der Waals surface area contributed by atoms with Crippen molar-refractivity contribution in [3.05, 3.63) is 72.1 Å². The van der Waals surface area contributed by atoms with E-state index in [4.69, 9.17) is 4.98 Å². The van der Waals surface area contributed by atoms with E-state index in [0.29, 0.717) is 11.5 Å². The third-order valence-corrected chi connectivity index (χ3v) is 7.10. The molecule has 0 amide bonds. The maximum absolute atomic E-state index is 15.4. The maximum Gasteiger partial charge on any atom is 0.133 e. The molecule has 0 saturated heterocycles. The number of rotatable bonds is 6. The van der Waals surface area contributed by atoms with Crippen LogP contribution in [0.25, 0.3) is 49.4 Å².